The second-order valence-electron chi connectivity index (χ2n) is 9.41. The van der Waals surface area contributed by atoms with Gasteiger partial charge in [0.2, 0.25) is 0 Å². The molecule has 0 bridgehead atoms. The maximum Gasteiger partial charge on any atom is 0.105 e. The van der Waals surface area contributed by atoms with Gasteiger partial charge in [-0.1, -0.05) is 31.4 Å². The maximum absolute atomic E-state index is 4.44. The number of hydrogen-bond donors (Lipinski definition) is 0. The van der Waals surface area contributed by atoms with Crippen molar-refractivity contribution in [1.82, 2.24) is 23.5 Å². The third kappa shape index (κ3) is 5.48. The van der Waals surface area contributed by atoms with Gasteiger partial charge in [-0.2, -0.15) is 8.75 Å². The Bertz CT molecular complexity index is 953. The first-order valence-corrected chi connectivity index (χ1v) is 12.6. The van der Waals surface area contributed by atoms with Crippen molar-refractivity contribution in [2.24, 2.45) is 5.92 Å². The van der Waals surface area contributed by atoms with E-state index in [9.17, 15) is 0 Å². The molecule has 3 aromatic rings. The molecule has 5 nitrogen and oxygen atoms in total. The summed E-state index contributed by atoms with van der Waals surface area (Å²) < 4.78 is 8.80. The molecule has 1 aliphatic heterocycles. The average molecular weight is 436 g/mol. The van der Waals surface area contributed by atoms with Gasteiger partial charge < -0.3 is 4.90 Å². The highest BCUT2D eigenvalue weighted by atomic mass is 32.1. The van der Waals surface area contributed by atoms with Crippen molar-refractivity contribution in [3.05, 3.63) is 53.9 Å². The fourth-order valence-electron chi connectivity index (χ4n) is 5.51. The minimum Gasteiger partial charge on any atom is -0.300 e. The molecule has 1 atom stereocenters. The molecule has 5 rings (SSSR count). The highest BCUT2D eigenvalue weighted by molar-refractivity contribution is 7.00. The smallest absolute Gasteiger partial charge is 0.105 e. The number of pyridine rings is 1. The second kappa shape index (κ2) is 10.2. The van der Waals surface area contributed by atoms with Gasteiger partial charge in [-0.15, -0.1) is 0 Å². The minimum atomic E-state index is 0.747. The van der Waals surface area contributed by atoms with Crippen LogP contribution in [0.2, 0.25) is 0 Å². The lowest BCUT2D eigenvalue weighted by Crippen LogP contribution is -2.46. The van der Waals surface area contributed by atoms with Crippen LogP contribution in [0, 0.1) is 5.92 Å². The Labute approximate surface area is 189 Å². The quantitative estimate of drug-likeness (QED) is 0.515. The topological polar surface area (TPSA) is 45.2 Å². The molecule has 2 aromatic heterocycles. The van der Waals surface area contributed by atoms with E-state index in [-0.39, 0.29) is 0 Å². The van der Waals surface area contributed by atoms with Crippen LogP contribution < -0.4 is 0 Å². The van der Waals surface area contributed by atoms with Crippen molar-refractivity contribution in [1.29, 1.82) is 0 Å². The van der Waals surface area contributed by atoms with Crippen molar-refractivity contribution in [2.45, 2.75) is 64.1 Å². The Hall–Kier alpha value is -1.89. The van der Waals surface area contributed by atoms with E-state index in [1.54, 1.807) is 0 Å². The Morgan fingerprint density at radius 1 is 0.935 bits per heavy atom. The van der Waals surface area contributed by atoms with E-state index in [0.29, 0.717) is 0 Å². The molecule has 164 valence electrons. The number of rotatable bonds is 7. The highest BCUT2D eigenvalue weighted by Crippen LogP contribution is 2.28. The summed E-state index contributed by atoms with van der Waals surface area (Å²) in [5.41, 5.74) is 4.64. The number of fused-ring (bicyclic) bond motifs is 1. The van der Waals surface area contributed by atoms with Crippen LogP contribution in [-0.2, 0) is 13.1 Å². The summed E-state index contributed by atoms with van der Waals surface area (Å²) in [5, 5.41) is 0. The predicted octanol–water partition coefficient (Wildman–Crippen LogP) is 5.13. The molecule has 1 unspecified atom stereocenters. The molecule has 6 heteroatoms. The van der Waals surface area contributed by atoms with Crippen LogP contribution in [0.25, 0.3) is 11.0 Å². The number of benzene rings is 1. The molecule has 0 amide bonds. The van der Waals surface area contributed by atoms with Crippen molar-refractivity contribution < 1.29 is 0 Å². The molecule has 1 aromatic carbocycles. The summed E-state index contributed by atoms with van der Waals surface area (Å²) in [6, 6.07) is 11.6. The summed E-state index contributed by atoms with van der Waals surface area (Å²) in [4.78, 5) is 9.79. The Kier molecular flexibility index (Phi) is 6.87. The van der Waals surface area contributed by atoms with E-state index < -0.39 is 0 Å². The van der Waals surface area contributed by atoms with Crippen LogP contribution in [0.4, 0.5) is 0 Å². The number of hydrogen-bond acceptors (Lipinski definition) is 6. The first-order valence-electron chi connectivity index (χ1n) is 11.9. The van der Waals surface area contributed by atoms with Gasteiger partial charge in [0.25, 0.3) is 0 Å². The zero-order valence-corrected chi connectivity index (χ0v) is 19.1. The van der Waals surface area contributed by atoms with Crippen LogP contribution in [0.5, 0.6) is 0 Å². The van der Waals surface area contributed by atoms with Crippen LogP contribution >= 0.6 is 11.7 Å². The summed E-state index contributed by atoms with van der Waals surface area (Å²) in [6.45, 7) is 5.61. The van der Waals surface area contributed by atoms with Crippen molar-refractivity contribution in [3.63, 3.8) is 0 Å². The third-order valence-corrected chi connectivity index (χ3v) is 7.57. The van der Waals surface area contributed by atoms with Gasteiger partial charge in [-0.3, -0.25) is 9.88 Å². The van der Waals surface area contributed by atoms with Crippen LogP contribution in [0.1, 0.15) is 56.1 Å². The van der Waals surface area contributed by atoms with Gasteiger partial charge in [0.05, 0.1) is 11.7 Å². The molecule has 0 N–H and O–H groups in total. The average Bonchev–Trinajstić information content (AvgIpc) is 3.28. The molecular formula is C25H33N5S. The number of nitrogens with zero attached hydrogens (tertiary/aromatic N) is 5. The molecule has 1 saturated heterocycles. The van der Waals surface area contributed by atoms with E-state index in [1.807, 2.05) is 18.5 Å². The third-order valence-electron chi connectivity index (χ3n) is 7.01. The largest absolute Gasteiger partial charge is 0.300 e. The normalized spacial score (nSPS) is 21.1. The molecule has 2 fully saturated rings. The molecular weight excluding hydrogens is 402 g/mol. The Morgan fingerprint density at radius 2 is 1.81 bits per heavy atom. The van der Waals surface area contributed by atoms with Crippen LogP contribution in [0.3, 0.4) is 0 Å². The first-order chi connectivity index (χ1) is 15.3. The maximum atomic E-state index is 4.44. The lowest BCUT2D eigenvalue weighted by atomic mass is 9.90. The summed E-state index contributed by atoms with van der Waals surface area (Å²) in [7, 11) is 0. The number of piperidine rings is 1. The molecule has 3 heterocycles. The van der Waals surface area contributed by atoms with Crippen molar-refractivity contribution in [3.8, 4) is 0 Å². The summed E-state index contributed by atoms with van der Waals surface area (Å²) in [6.07, 6.45) is 13.7. The van der Waals surface area contributed by atoms with Gasteiger partial charge in [0.15, 0.2) is 0 Å². The lowest BCUT2D eigenvalue weighted by Gasteiger charge is -2.41. The van der Waals surface area contributed by atoms with Crippen LogP contribution in [0.15, 0.2) is 42.7 Å². The van der Waals surface area contributed by atoms with E-state index >= 15 is 0 Å². The van der Waals surface area contributed by atoms with Crippen molar-refractivity contribution in [2.75, 3.05) is 19.6 Å². The second-order valence-corrected chi connectivity index (χ2v) is 9.94. The standard InChI is InChI=1S/C25H33N5S/c1-2-8-23(9-3-1)30-13-5-7-22(19-30)18-29(17-21-6-4-12-26-15-21)16-20-10-11-24-25(14-20)28-31-27-24/h4,6,10-12,14-15,22-23H,1-3,5,7-9,13,16-19H2. The Balaban J connectivity index is 1.28. The fraction of sp³-hybridized carbons (Fsp3) is 0.560. The summed E-state index contributed by atoms with van der Waals surface area (Å²) >= 11 is 1.30. The predicted molar refractivity (Wildman–Crippen MR) is 127 cm³/mol. The fourth-order valence-corrected chi connectivity index (χ4v) is 6.03. The summed E-state index contributed by atoms with van der Waals surface area (Å²) in [5.74, 6) is 0.747. The molecule has 31 heavy (non-hydrogen) atoms. The van der Waals surface area contributed by atoms with Crippen LogP contribution in [-0.4, -0.2) is 49.2 Å². The minimum absolute atomic E-state index is 0.747. The van der Waals surface area contributed by atoms with E-state index in [4.69, 9.17) is 0 Å². The van der Waals surface area contributed by atoms with Gasteiger partial charge in [0, 0.05) is 44.6 Å². The lowest BCUT2D eigenvalue weighted by molar-refractivity contribution is 0.0771. The molecule has 0 radical (unpaired) electrons. The zero-order valence-electron chi connectivity index (χ0n) is 18.3. The SMILES string of the molecule is c1cncc(CN(Cc2ccc3nsnc3c2)CC2CCCN(C3CCCCC3)C2)c1. The number of aromatic nitrogens is 3. The van der Waals surface area contributed by atoms with Gasteiger partial charge in [0.1, 0.15) is 11.0 Å². The molecule has 1 saturated carbocycles. The first kappa shape index (κ1) is 21.0. The van der Waals surface area contributed by atoms with E-state index in [1.165, 1.54) is 80.9 Å². The van der Waals surface area contributed by atoms with E-state index in [2.05, 4.69) is 47.8 Å². The molecule has 1 aliphatic carbocycles. The number of likely N-dealkylation sites (tertiary alicyclic amines) is 1. The van der Waals surface area contributed by atoms with Crippen molar-refractivity contribution >= 4 is 22.8 Å². The molecule has 0 spiro atoms. The van der Waals surface area contributed by atoms with Gasteiger partial charge in [-0.05, 0) is 67.5 Å². The highest BCUT2D eigenvalue weighted by Gasteiger charge is 2.28. The Morgan fingerprint density at radius 3 is 2.68 bits per heavy atom. The zero-order chi connectivity index (χ0) is 20.9. The van der Waals surface area contributed by atoms with Gasteiger partial charge >= 0.3 is 0 Å². The van der Waals surface area contributed by atoms with Gasteiger partial charge in [-0.25, -0.2) is 0 Å². The molecule has 2 aliphatic rings. The van der Waals surface area contributed by atoms with E-state index in [0.717, 1.165) is 42.6 Å². The monoisotopic (exact) mass is 435 g/mol.